The number of amides is 1. The van der Waals surface area contributed by atoms with E-state index < -0.39 is 0 Å². The number of likely N-dealkylation sites (tertiary alicyclic amines) is 1. The zero-order valence-corrected chi connectivity index (χ0v) is 13.7. The van der Waals surface area contributed by atoms with E-state index in [9.17, 15) is 9.18 Å². The van der Waals surface area contributed by atoms with Crippen molar-refractivity contribution in [3.63, 3.8) is 0 Å². The van der Waals surface area contributed by atoms with E-state index in [1.807, 2.05) is 31.3 Å². The van der Waals surface area contributed by atoms with Gasteiger partial charge in [0.25, 0.3) is 0 Å². The minimum absolute atomic E-state index is 0.0908. The van der Waals surface area contributed by atoms with Gasteiger partial charge in [0.1, 0.15) is 18.2 Å². The molecule has 1 heterocycles. The quantitative estimate of drug-likeness (QED) is 0.886. The maximum Gasteiger partial charge on any atom is 0.239 e. The first-order valence-electron chi connectivity index (χ1n) is 8.07. The van der Waals surface area contributed by atoms with Crippen molar-refractivity contribution in [1.29, 1.82) is 0 Å². The Bertz CT molecular complexity index is 703. The first kappa shape index (κ1) is 16.5. The van der Waals surface area contributed by atoms with Gasteiger partial charge in [-0.05, 0) is 30.2 Å². The second kappa shape index (κ2) is 7.45. The standard InChI is InChI=1S/C19H21FN2O2/c1-22-11-10-18(19(22)23)21-12-14-6-8-16(9-7-14)24-13-15-4-2-3-5-17(15)20/h2-9,18,21H,10-13H2,1H3. The monoisotopic (exact) mass is 328 g/mol. The summed E-state index contributed by atoms with van der Waals surface area (Å²) in [7, 11) is 1.83. The fraction of sp³-hybridized carbons (Fsp3) is 0.316. The first-order chi connectivity index (χ1) is 11.6. The lowest BCUT2D eigenvalue weighted by molar-refractivity contribution is -0.128. The third kappa shape index (κ3) is 3.92. The number of nitrogens with zero attached hydrogens (tertiary/aromatic N) is 1. The molecule has 24 heavy (non-hydrogen) atoms. The van der Waals surface area contributed by atoms with Gasteiger partial charge >= 0.3 is 0 Å². The number of carbonyl (C=O) groups excluding carboxylic acids is 1. The molecule has 1 unspecified atom stereocenters. The summed E-state index contributed by atoms with van der Waals surface area (Å²) in [5.74, 6) is 0.586. The van der Waals surface area contributed by atoms with Crippen LogP contribution in [-0.4, -0.2) is 30.4 Å². The topological polar surface area (TPSA) is 41.6 Å². The van der Waals surface area contributed by atoms with Crippen LogP contribution in [0.25, 0.3) is 0 Å². The van der Waals surface area contributed by atoms with Crippen LogP contribution in [0.3, 0.4) is 0 Å². The Labute approximate surface area is 141 Å². The predicted molar refractivity (Wildman–Crippen MR) is 90.1 cm³/mol. The summed E-state index contributed by atoms with van der Waals surface area (Å²) in [6.07, 6.45) is 0.846. The Kier molecular flexibility index (Phi) is 5.11. The van der Waals surface area contributed by atoms with Gasteiger partial charge in [0, 0.05) is 25.7 Å². The van der Waals surface area contributed by atoms with Crippen LogP contribution in [-0.2, 0) is 17.9 Å². The van der Waals surface area contributed by atoms with Crippen molar-refractivity contribution >= 4 is 5.91 Å². The number of carbonyl (C=O) groups is 1. The fourth-order valence-electron chi connectivity index (χ4n) is 2.73. The second-order valence-electron chi connectivity index (χ2n) is 6.01. The summed E-state index contributed by atoms with van der Waals surface area (Å²) in [4.78, 5) is 13.6. The Morgan fingerprint density at radius 3 is 2.62 bits per heavy atom. The third-order valence-corrected chi connectivity index (χ3v) is 4.26. The van der Waals surface area contributed by atoms with Gasteiger partial charge in [-0.1, -0.05) is 30.3 Å². The van der Waals surface area contributed by atoms with Crippen LogP contribution >= 0.6 is 0 Å². The first-order valence-corrected chi connectivity index (χ1v) is 8.07. The highest BCUT2D eigenvalue weighted by atomic mass is 19.1. The van der Waals surface area contributed by atoms with Gasteiger partial charge in [-0.3, -0.25) is 4.79 Å². The molecule has 0 radical (unpaired) electrons. The smallest absolute Gasteiger partial charge is 0.239 e. The highest BCUT2D eigenvalue weighted by Gasteiger charge is 2.28. The van der Waals surface area contributed by atoms with E-state index in [1.165, 1.54) is 6.07 Å². The highest BCUT2D eigenvalue weighted by molar-refractivity contribution is 5.83. The molecule has 1 aliphatic heterocycles. The zero-order valence-electron chi connectivity index (χ0n) is 13.7. The molecular formula is C19H21FN2O2. The summed E-state index contributed by atoms with van der Waals surface area (Å²) < 4.78 is 19.2. The molecule has 1 N–H and O–H groups in total. The SMILES string of the molecule is CN1CCC(NCc2ccc(OCc3ccccc3F)cc2)C1=O. The average Bonchev–Trinajstić information content (AvgIpc) is 2.92. The normalized spacial score (nSPS) is 17.3. The van der Waals surface area contributed by atoms with Crippen molar-refractivity contribution in [3.05, 3.63) is 65.5 Å². The molecule has 0 bridgehead atoms. The lowest BCUT2D eigenvalue weighted by Gasteiger charge is -2.12. The van der Waals surface area contributed by atoms with Gasteiger partial charge in [-0.15, -0.1) is 0 Å². The van der Waals surface area contributed by atoms with E-state index in [2.05, 4.69) is 5.32 Å². The van der Waals surface area contributed by atoms with Crippen molar-refractivity contribution in [3.8, 4) is 5.75 Å². The molecule has 1 fully saturated rings. The molecule has 1 aliphatic rings. The molecule has 0 aromatic heterocycles. The van der Waals surface area contributed by atoms with Gasteiger partial charge in [0.05, 0.1) is 6.04 Å². The predicted octanol–water partition coefficient (Wildman–Crippen LogP) is 2.73. The van der Waals surface area contributed by atoms with Crippen molar-refractivity contribution in [1.82, 2.24) is 10.2 Å². The van der Waals surface area contributed by atoms with Crippen LogP contribution in [0.4, 0.5) is 4.39 Å². The van der Waals surface area contributed by atoms with Crippen LogP contribution in [0.1, 0.15) is 17.5 Å². The van der Waals surface area contributed by atoms with Crippen LogP contribution in [0.5, 0.6) is 5.75 Å². The lowest BCUT2D eigenvalue weighted by atomic mass is 10.2. The summed E-state index contributed by atoms with van der Waals surface area (Å²) in [5.41, 5.74) is 1.61. The summed E-state index contributed by atoms with van der Waals surface area (Å²) in [6, 6.07) is 14.1. The summed E-state index contributed by atoms with van der Waals surface area (Å²) in [6.45, 7) is 1.64. The van der Waals surface area contributed by atoms with Crippen molar-refractivity contribution in [2.75, 3.05) is 13.6 Å². The van der Waals surface area contributed by atoms with E-state index in [4.69, 9.17) is 4.74 Å². The molecule has 0 aliphatic carbocycles. The van der Waals surface area contributed by atoms with Gasteiger partial charge in [0.15, 0.2) is 0 Å². The van der Waals surface area contributed by atoms with E-state index in [-0.39, 0.29) is 24.4 Å². The molecule has 2 aromatic carbocycles. The molecule has 3 rings (SSSR count). The number of ether oxygens (including phenoxy) is 1. The van der Waals surface area contributed by atoms with E-state index in [1.54, 1.807) is 23.1 Å². The van der Waals surface area contributed by atoms with E-state index in [0.717, 1.165) is 18.5 Å². The van der Waals surface area contributed by atoms with Crippen molar-refractivity contribution in [2.45, 2.75) is 25.6 Å². The van der Waals surface area contributed by atoms with Crippen LogP contribution in [0.2, 0.25) is 0 Å². The molecule has 4 nitrogen and oxygen atoms in total. The molecule has 1 amide bonds. The fourth-order valence-corrected chi connectivity index (χ4v) is 2.73. The molecule has 1 saturated heterocycles. The number of nitrogens with one attached hydrogen (secondary N) is 1. The van der Waals surface area contributed by atoms with Gasteiger partial charge < -0.3 is 15.0 Å². The van der Waals surface area contributed by atoms with Crippen LogP contribution < -0.4 is 10.1 Å². The van der Waals surface area contributed by atoms with Gasteiger partial charge in [0.2, 0.25) is 5.91 Å². The molecule has 2 aromatic rings. The average molecular weight is 328 g/mol. The number of hydrogen-bond acceptors (Lipinski definition) is 3. The van der Waals surface area contributed by atoms with Crippen molar-refractivity contribution in [2.24, 2.45) is 0 Å². The minimum atomic E-state index is -0.260. The van der Waals surface area contributed by atoms with Crippen LogP contribution in [0.15, 0.2) is 48.5 Å². The molecule has 0 saturated carbocycles. The zero-order chi connectivity index (χ0) is 16.9. The van der Waals surface area contributed by atoms with Gasteiger partial charge in [-0.2, -0.15) is 0 Å². The highest BCUT2D eigenvalue weighted by Crippen LogP contribution is 2.16. The largest absolute Gasteiger partial charge is 0.489 e. The Hall–Kier alpha value is -2.40. The Morgan fingerprint density at radius 1 is 1.21 bits per heavy atom. The summed E-state index contributed by atoms with van der Waals surface area (Å²) in [5, 5.41) is 3.28. The molecular weight excluding hydrogens is 307 g/mol. The Morgan fingerprint density at radius 2 is 1.96 bits per heavy atom. The van der Waals surface area contributed by atoms with E-state index in [0.29, 0.717) is 17.9 Å². The third-order valence-electron chi connectivity index (χ3n) is 4.26. The van der Waals surface area contributed by atoms with Crippen molar-refractivity contribution < 1.29 is 13.9 Å². The number of benzene rings is 2. The van der Waals surface area contributed by atoms with E-state index >= 15 is 0 Å². The number of likely N-dealkylation sites (N-methyl/N-ethyl adjacent to an activating group) is 1. The molecule has 126 valence electrons. The number of rotatable bonds is 6. The minimum Gasteiger partial charge on any atom is -0.489 e. The molecule has 5 heteroatoms. The maximum absolute atomic E-state index is 13.5. The second-order valence-corrected chi connectivity index (χ2v) is 6.01. The van der Waals surface area contributed by atoms with Gasteiger partial charge in [-0.25, -0.2) is 4.39 Å². The maximum atomic E-state index is 13.5. The molecule has 1 atom stereocenters. The molecule has 0 spiro atoms. The lowest BCUT2D eigenvalue weighted by Crippen LogP contribution is -2.36. The number of halogens is 1. The van der Waals surface area contributed by atoms with Crippen LogP contribution in [0, 0.1) is 5.82 Å². The number of hydrogen-bond donors (Lipinski definition) is 1. The summed E-state index contributed by atoms with van der Waals surface area (Å²) >= 11 is 0. The Balaban J connectivity index is 1.50.